The Labute approximate surface area is 173 Å². The molecular weight excluding hydrogens is 364 g/mol. The average Bonchev–Trinajstić information content (AvgIpc) is 3.19. The van der Waals surface area contributed by atoms with Crippen molar-refractivity contribution < 1.29 is 18.8 Å². The van der Waals surface area contributed by atoms with E-state index in [0.29, 0.717) is 4.48 Å². The standard InChI is InChI=1S/C24H30N2O3/c1-18-10-9-11-19(2)23(18)25-24(28)20(3)26(14-7-8-15-26)16-22(27)29-17-21-12-5-4-6-13-21/h4-6,9-13,20H,7-8,14-17H2,1-3H3/p+1. The van der Waals surface area contributed by atoms with E-state index in [-0.39, 0.29) is 31.1 Å². The third-order valence-electron chi connectivity index (χ3n) is 6.07. The van der Waals surface area contributed by atoms with Crippen molar-refractivity contribution in [3.05, 3.63) is 65.2 Å². The molecule has 0 bridgehead atoms. The van der Waals surface area contributed by atoms with E-state index < -0.39 is 0 Å². The number of rotatable bonds is 7. The number of carbonyl (C=O) groups excluding carboxylic acids is 2. The Morgan fingerprint density at radius 3 is 2.24 bits per heavy atom. The van der Waals surface area contributed by atoms with Crippen molar-refractivity contribution in [2.45, 2.75) is 46.3 Å². The molecule has 5 heteroatoms. The van der Waals surface area contributed by atoms with Crippen molar-refractivity contribution in [3.8, 4) is 0 Å². The number of nitrogens with zero attached hydrogens (tertiary/aromatic N) is 1. The Kier molecular flexibility index (Phi) is 6.70. The van der Waals surface area contributed by atoms with Gasteiger partial charge >= 0.3 is 5.97 Å². The van der Waals surface area contributed by atoms with Gasteiger partial charge in [0.2, 0.25) is 0 Å². The predicted molar refractivity (Wildman–Crippen MR) is 114 cm³/mol. The maximum Gasteiger partial charge on any atom is 0.362 e. The van der Waals surface area contributed by atoms with Gasteiger partial charge in [-0.1, -0.05) is 48.5 Å². The third kappa shape index (κ3) is 5.04. The number of anilines is 1. The number of carbonyl (C=O) groups is 2. The molecule has 154 valence electrons. The second-order valence-electron chi connectivity index (χ2n) is 8.11. The lowest BCUT2D eigenvalue weighted by Crippen LogP contribution is -2.59. The summed E-state index contributed by atoms with van der Waals surface area (Å²) in [5.41, 5.74) is 3.92. The maximum absolute atomic E-state index is 13.1. The number of esters is 1. The highest BCUT2D eigenvalue weighted by Crippen LogP contribution is 2.26. The summed E-state index contributed by atoms with van der Waals surface area (Å²) in [6, 6.07) is 15.3. The maximum atomic E-state index is 13.1. The summed E-state index contributed by atoms with van der Waals surface area (Å²) in [5.74, 6) is -0.289. The van der Waals surface area contributed by atoms with E-state index in [1.165, 1.54) is 0 Å². The van der Waals surface area contributed by atoms with Gasteiger partial charge in [0.05, 0.1) is 13.1 Å². The molecule has 1 N–H and O–H groups in total. The molecule has 0 radical (unpaired) electrons. The highest BCUT2D eigenvalue weighted by molar-refractivity contribution is 5.95. The molecule has 0 aromatic heterocycles. The molecule has 1 heterocycles. The summed E-state index contributed by atoms with van der Waals surface area (Å²) in [6.07, 6.45) is 2.04. The van der Waals surface area contributed by atoms with Gasteiger partial charge in [-0.15, -0.1) is 0 Å². The van der Waals surface area contributed by atoms with Crippen LogP contribution in [0.1, 0.15) is 36.5 Å². The lowest BCUT2D eigenvalue weighted by atomic mass is 10.1. The first kappa shape index (κ1) is 21.1. The van der Waals surface area contributed by atoms with Crippen LogP contribution in [0, 0.1) is 13.8 Å². The van der Waals surface area contributed by atoms with Gasteiger partial charge in [-0.2, -0.15) is 0 Å². The summed E-state index contributed by atoms with van der Waals surface area (Å²) in [5, 5.41) is 3.10. The van der Waals surface area contributed by atoms with Crippen molar-refractivity contribution in [1.82, 2.24) is 0 Å². The Hall–Kier alpha value is -2.66. The van der Waals surface area contributed by atoms with Gasteiger partial charge in [-0.3, -0.25) is 4.79 Å². The SMILES string of the molecule is Cc1cccc(C)c1NC(=O)C(C)[N+]1(CC(=O)OCc2ccccc2)CCCC1. The predicted octanol–water partition coefficient (Wildman–Crippen LogP) is 3.98. The summed E-state index contributed by atoms with van der Waals surface area (Å²) >= 11 is 0. The van der Waals surface area contributed by atoms with E-state index in [2.05, 4.69) is 5.32 Å². The molecule has 1 saturated heterocycles. The fraction of sp³-hybridized carbons (Fsp3) is 0.417. The first-order valence-electron chi connectivity index (χ1n) is 10.3. The van der Waals surface area contributed by atoms with Crippen LogP contribution in [0.5, 0.6) is 0 Å². The van der Waals surface area contributed by atoms with E-state index in [9.17, 15) is 9.59 Å². The van der Waals surface area contributed by atoms with Gasteiger partial charge < -0.3 is 14.5 Å². The summed E-state index contributed by atoms with van der Waals surface area (Å²) < 4.78 is 5.98. The number of nitrogens with one attached hydrogen (secondary N) is 1. The Morgan fingerprint density at radius 1 is 1.00 bits per heavy atom. The lowest BCUT2D eigenvalue weighted by Gasteiger charge is -2.38. The van der Waals surface area contributed by atoms with E-state index in [1.807, 2.05) is 69.3 Å². The first-order chi connectivity index (χ1) is 13.9. The molecule has 1 unspecified atom stereocenters. The number of benzene rings is 2. The molecule has 2 aromatic rings. The van der Waals surface area contributed by atoms with Crippen molar-refractivity contribution in [3.63, 3.8) is 0 Å². The topological polar surface area (TPSA) is 55.4 Å². The minimum atomic E-state index is -0.319. The fourth-order valence-electron chi connectivity index (χ4n) is 4.18. The van der Waals surface area contributed by atoms with Crippen LogP contribution in [0.25, 0.3) is 0 Å². The average molecular weight is 396 g/mol. The number of hydrogen-bond acceptors (Lipinski definition) is 3. The van der Waals surface area contributed by atoms with Crippen molar-refractivity contribution in [1.29, 1.82) is 0 Å². The van der Waals surface area contributed by atoms with Crippen LogP contribution < -0.4 is 5.32 Å². The van der Waals surface area contributed by atoms with Crippen LogP contribution in [0.3, 0.4) is 0 Å². The highest BCUT2D eigenvalue weighted by Gasteiger charge is 2.43. The van der Waals surface area contributed by atoms with Gasteiger partial charge in [-0.05, 0) is 37.5 Å². The number of para-hydroxylation sites is 1. The number of ether oxygens (including phenoxy) is 1. The molecule has 3 rings (SSSR count). The van der Waals surface area contributed by atoms with Gasteiger partial charge in [-0.25, -0.2) is 4.79 Å². The molecule has 5 nitrogen and oxygen atoms in total. The molecule has 0 saturated carbocycles. The fourth-order valence-corrected chi connectivity index (χ4v) is 4.18. The van der Waals surface area contributed by atoms with E-state index in [0.717, 1.165) is 48.3 Å². The van der Waals surface area contributed by atoms with E-state index >= 15 is 0 Å². The summed E-state index contributed by atoms with van der Waals surface area (Å²) in [7, 11) is 0. The van der Waals surface area contributed by atoms with Crippen LogP contribution in [0.15, 0.2) is 48.5 Å². The second kappa shape index (κ2) is 9.23. The van der Waals surface area contributed by atoms with Gasteiger partial charge in [0.15, 0.2) is 12.6 Å². The number of hydrogen-bond donors (Lipinski definition) is 1. The van der Waals surface area contributed by atoms with Gasteiger partial charge in [0, 0.05) is 18.5 Å². The normalized spacial score (nSPS) is 16.2. The molecule has 29 heavy (non-hydrogen) atoms. The lowest BCUT2D eigenvalue weighted by molar-refractivity contribution is -0.922. The molecule has 1 amide bonds. The van der Waals surface area contributed by atoms with Crippen LogP contribution in [0.4, 0.5) is 5.69 Å². The highest BCUT2D eigenvalue weighted by atomic mass is 16.5. The van der Waals surface area contributed by atoms with E-state index in [1.54, 1.807) is 0 Å². The molecular formula is C24H31N2O3+. The zero-order chi connectivity index (χ0) is 20.9. The number of quaternary nitrogens is 1. The minimum Gasteiger partial charge on any atom is -0.457 e. The summed E-state index contributed by atoms with van der Waals surface area (Å²) in [6.45, 7) is 8.06. The van der Waals surface area contributed by atoms with Gasteiger partial charge in [0.1, 0.15) is 6.61 Å². The molecule has 1 fully saturated rings. The quantitative estimate of drug-likeness (QED) is 0.570. The Bertz CT molecular complexity index is 837. The molecule has 2 aromatic carbocycles. The van der Waals surface area contributed by atoms with Crippen LogP contribution in [-0.2, 0) is 20.9 Å². The smallest absolute Gasteiger partial charge is 0.362 e. The number of aryl methyl sites for hydroxylation is 2. The molecule has 1 aliphatic heterocycles. The summed E-state index contributed by atoms with van der Waals surface area (Å²) in [4.78, 5) is 25.7. The third-order valence-corrected chi connectivity index (χ3v) is 6.07. The number of amides is 1. The molecule has 1 aliphatic rings. The van der Waals surface area contributed by atoms with Crippen LogP contribution in [0.2, 0.25) is 0 Å². The molecule has 0 aliphatic carbocycles. The van der Waals surface area contributed by atoms with Gasteiger partial charge in [0.25, 0.3) is 5.91 Å². The number of likely N-dealkylation sites (tertiary alicyclic amines) is 1. The van der Waals surface area contributed by atoms with Crippen molar-refractivity contribution in [2.24, 2.45) is 0 Å². The molecule has 1 atom stereocenters. The largest absolute Gasteiger partial charge is 0.457 e. The first-order valence-corrected chi connectivity index (χ1v) is 10.3. The van der Waals surface area contributed by atoms with Crippen LogP contribution in [-0.4, -0.2) is 42.0 Å². The zero-order valence-electron chi connectivity index (χ0n) is 17.6. The zero-order valence-corrected chi connectivity index (χ0v) is 17.6. The Morgan fingerprint density at radius 2 is 1.62 bits per heavy atom. The minimum absolute atomic E-state index is 0.0415. The van der Waals surface area contributed by atoms with Crippen LogP contribution >= 0.6 is 0 Å². The molecule has 0 spiro atoms. The van der Waals surface area contributed by atoms with Crippen molar-refractivity contribution in [2.75, 3.05) is 25.0 Å². The Balaban J connectivity index is 1.67. The monoisotopic (exact) mass is 395 g/mol. The second-order valence-corrected chi connectivity index (χ2v) is 8.11. The van der Waals surface area contributed by atoms with E-state index in [4.69, 9.17) is 4.74 Å². The van der Waals surface area contributed by atoms with Crippen molar-refractivity contribution >= 4 is 17.6 Å².